The van der Waals surface area contributed by atoms with E-state index in [2.05, 4.69) is 35.2 Å². The van der Waals surface area contributed by atoms with E-state index in [-0.39, 0.29) is 46.5 Å². The Bertz CT molecular complexity index is 2630. The third-order valence-corrected chi connectivity index (χ3v) is 8.16. The molecule has 8 aromatic carbocycles. The van der Waals surface area contributed by atoms with E-state index in [9.17, 15) is 0 Å². The maximum absolute atomic E-state index is 9.14. The van der Waals surface area contributed by atoms with E-state index in [1.165, 1.54) is 0 Å². The molecule has 0 bridgehead atoms. The summed E-state index contributed by atoms with van der Waals surface area (Å²) in [5.41, 5.74) is 3.89. The second-order valence-electron chi connectivity index (χ2n) is 11.2. The summed E-state index contributed by atoms with van der Waals surface area (Å²) in [6, 6.07) is 46.5. The van der Waals surface area contributed by atoms with Crippen molar-refractivity contribution in [3.05, 3.63) is 206 Å². The van der Waals surface area contributed by atoms with Crippen molar-refractivity contribution in [2.45, 2.75) is 0 Å². The molecule has 2 heteroatoms. The molecule has 0 aliphatic rings. The van der Waals surface area contributed by atoms with Crippen LogP contribution in [0, 0.1) is 0 Å². The molecule has 48 heavy (non-hydrogen) atoms. The van der Waals surface area contributed by atoms with Crippen molar-refractivity contribution >= 4 is 44.9 Å². The number of fused-ring (bicyclic) bond motifs is 1. The van der Waals surface area contributed by atoms with Crippen molar-refractivity contribution in [2.75, 3.05) is 9.80 Å². The number of anilines is 6. The molecule has 0 amide bonds. The molecule has 0 unspecified atom stereocenters. The van der Waals surface area contributed by atoms with Crippen LogP contribution in [0.15, 0.2) is 206 Å². The topological polar surface area (TPSA) is 6.48 Å². The maximum Gasteiger partial charge on any atom is 0.0645 e. The van der Waals surface area contributed by atoms with Crippen LogP contribution in [0.25, 0.3) is 33.0 Å². The van der Waals surface area contributed by atoms with E-state index in [1.807, 2.05) is 115 Å². The average molecular weight is 623 g/mol. The van der Waals surface area contributed by atoms with Crippen LogP contribution in [-0.2, 0) is 0 Å². The third-order valence-electron chi connectivity index (χ3n) is 8.16. The van der Waals surface area contributed by atoms with Gasteiger partial charge in [-0.15, -0.1) is 0 Å². The molecule has 0 atom stereocenters. The Hall–Kier alpha value is -6.38. The van der Waals surface area contributed by atoms with Gasteiger partial charge in [-0.05, 0) is 106 Å². The van der Waals surface area contributed by atoms with Gasteiger partial charge in [0.25, 0.3) is 0 Å². The first-order valence-corrected chi connectivity index (χ1v) is 15.7. The van der Waals surface area contributed by atoms with Crippen LogP contribution in [0.5, 0.6) is 0 Å². The van der Waals surface area contributed by atoms with E-state index in [0.29, 0.717) is 16.9 Å². The minimum absolute atomic E-state index is 0.00125. The number of hydrogen-bond donors (Lipinski definition) is 0. The second kappa shape index (κ2) is 13.2. The Morgan fingerprint density at radius 1 is 0.271 bits per heavy atom. The van der Waals surface area contributed by atoms with Crippen LogP contribution in [-0.4, -0.2) is 0 Å². The van der Waals surface area contributed by atoms with Gasteiger partial charge in [-0.25, -0.2) is 0 Å². The third kappa shape index (κ3) is 5.95. The van der Waals surface area contributed by atoms with Crippen LogP contribution in [0.3, 0.4) is 0 Å². The van der Waals surface area contributed by atoms with Gasteiger partial charge in [0, 0.05) is 34.1 Å². The summed E-state index contributed by atoms with van der Waals surface area (Å²) in [7, 11) is 0. The minimum Gasteiger partial charge on any atom is -0.311 e. The zero-order valence-electron chi connectivity index (χ0n) is 33.9. The van der Waals surface area contributed by atoms with Gasteiger partial charge in [0.15, 0.2) is 0 Å². The fourth-order valence-corrected chi connectivity index (χ4v) is 5.80. The number of hydrogen-bond acceptors (Lipinski definition) is 2. The first kappa shape index (κ1) is 21.4. The van der Waals surface area contributed by atoms with Crippen molar-refractivity contribution in [3.63, 3.8) is 0 Å². The van der Waals surface area contributed by atoms with Gasteiger partial charge in [0.1, 0.15) is 0 Å². The highest BCUT2D eigenvalue weighted by Gasteiger charge is 2.14. The lowest BCUT2D eigenvalue weighted by Crippen LogP contribution is -2.09. The van der Waals surface area contributed by atoms with Crippen molar-refractivity contribution < 1.29 is 11.0 Å². The second-order valence-corrected chi connectivity index (χ2v) is 11.2. The van der Waals surface area contributed by atoms with Gasteiger partial charge in [0.2, 0.25) is 0 Å². The number of rotatable bonds is 8. The number of nitrogens with zero attached hydrogens (tertiary/aromatic N) is 2. The summed E-state index contributed by atoms with van der Waals surface area (Å²) in [6.45, 7) is 0. The largest absolute Gasteiger partial charge is 0.311 e. The molecule has 0 aliphatic carbocycles. The van der Waals surface area contributed by atoms with E-state index in [0.717, 1.165) is 27.8 Å². The highest BCUT2D eigenvalue weighted by Crippen LogP contribution is 2.38. The van der Waals surface area contributed by atoms with Crippen molar-refractivity contribution in [2.24, 2.45) is 0 Å². The first-order valence-electron chi connectivity index (χ1n) is 19.7. The maximum atomic E-state index is 9.14. The molecule has 0 aromatic heterocycles. The highest BCUT2D eigenvalue weighted by atomic mass is 15.1. The summed E-state index contributed by atoms with van der Waals surface area (Å²) in [4.78, 5) is 3.75. The summed E-state index contributed by atoms with van der Waals surface area (Å²) in [5, 5.41) is 2.21. The van der Waals surface area contributed by atoms with E-state index < -0.39 is 24.2 Å². The predicted octanol–water partition coefficient (Wildman–Crippen LogP) is 13.1. The standard InChI is InChI=1S/C46H34N2/c1-4-14-41(15-5-1)47(42-16-6-2-7-17-42)44-29-24-38(25-30-44)36-20-22-37(23-21-36)39-26-31-45(32-27-39)48(43-18-8-3-9-19-43)46-33-28-35-12-10-11-13-40(35)34-46/h1-34H/i20D,21D,22D,23D,24D,25D,29D,30D. The highest BCUT2D eigenvalue weighted by molar-refractivity contribution is 5.89. The molecule has 0 saturated carbocycles. The lowest BCUT2D eigenvalue weighted by Gasteiger charge is -2.26. The van der Waals surface area contributed by atoms with Gasteiger partial charge in [-0.2, -0.15) is 0 Å². The first-order chi connectivity index (χ1) is 27.2. The molecule has 2 nitrogen and oxygen atoms in total. The zero-order chi connectivity index (χ0) is 39.1. The molecule has 0 heterocycles. The van der Waals surface area contributed by atoms with Gasteiger partial charge < -0.3 is 9.80 Å². The summed E-state index contributed by atoms with van der Waals surface area (Å²) in [5.74, 6) is 0. The normalized spacial score (nSPS) is 13.2. The van der Waals surface area contributed by atoms with E-state index >= 15 is 0 Å². The lowest BCUT2D eigenvalue weighted by molar-refractivity contribution is 1.28. The Morgan fingerprint density at radius 2 is 0.646 bits per heavy atom. The van der Waals surface area contributed by atoms with Crippen LogP contribution in [0.2, 0.25) is 0 Å². The Kier molecular flexibility index (Phi) is 5.87. The molecule has 0 fully saturated rings. The molecule has 0 aliphatic heterocycles. The van der Waals surface area contributed by atoms with Crippen molar-refractivity contribution in [1.82, 2.24) is 0 Å². The summed E-state index contributed by atoms with van der Waals surface area (Å²) < 4.78 is 72.9. The molecule has 0 radical (unpaired) electrons. The van der Waals surface area contributed by atoms with Gasteiger partial charge in [-0.3, -0.25) is 0 Å². The predicted molar refractivity (Wildman–Crippen MR) is 204 cm³/mol. The SMILES string of the molecule is [2H]c1c([2H])c(-c2c([2H])c([2H])c(N(c3ccccc3)c3ccccc3)c([2H])c2[2H])c([2H])c([2H])c1-c1ccc(N(c2ccccc2)c2ccc3ccccc3c2)cc1. The van der Waals surface area contributed by atoms with Crippen molar-refractivity contribution in [3.8, 4) is 22.3 Å². The summed E-state index contributed by atoms with van der Waals surface area (Å²) >= 11 is 0. The average Bonchev–Trinajstić information content (AvgIpc) is 3.24. The fraction of sp³-hybridized carbons (Fsp3) is 0. The van der Waals surface area contributed by atoms with Crippen LogP contribution < -0.4 is 9.80 Å². The van der Waals surface area contributed by atoms with Crippen LogP contribution >= 0.6 is 0 Å². The number of para-hydroxylation sites is 3. The molecular weight excluding hydrogens is 581 g/mol. The Morgan fingerprint density at radius 3 is 1.17 bits per heavy atom. The Labute approximate surface area is 293 Å². The summed E-state index contributed by atoms with van der Waals surface area (Å²) in [6.07, 6.45) is 0. The molecule has 0 N–H and O–H groups in total. The molecule has 0 saturated heterocycles. The monoisotopic (exact) mass is 622 g/mol. The van der Waals surface area contributed by atoms with E-state index in [1.54, 1.807) is 17.0 Å². The molecule has 228 valence electrons. The van der Waals surface area contributed by atoms with Gasteiger partial charge in [-0.1, -0.05) is 133 Å². The quantitative estimate of drug-likeness (QED) is 0.166. The molecule has 8 aromatic rings. The van der Waals surface area contributed by atoms with Gasteiger partial charge in [0.05, 0.1) is 11.0 Å². The minimum atomic E-state index is -0.467. The van der Waals surface area contributed by atoms with Crippen molar-refractivity contribution in [1.29, 1.82) is 0 Å². The smallest absolute Gasteiger partial charge is 0.0645 e. The van der Waals surface area contributed by atoms with Crippen LogP contribution in [0.1, 0.15) is 11.0 Å². The zero-order valence-corrected chi connectivity index (χ0v) is 25.9. The fourth-order valence-electron chi connectivity index (χ4n) is 5.80. The Balaban J connectivity index is 1.22. The molecular formula is C46H34N2. The molecule has 8 rings (SSSR count). The molecule has 0 spiro atoms. The van der Waals surface area contributed by atoms with Gasteiger partial charge >= 0.3 is 0 Å². The van der Waals surface area contributed by atoms with Crippen LogP contribution in [0.4, 0.5) is 34.1 Å². The number of benzene rings is 8. The lowest BCUT2D eigenvalue weighted by atomic mass is 9.99. The van der Waals surface area contributed by atoms with E-state index in [4.69, 9.17) is 11.0 Å².